The van der Waals surface area contributed by atoms with Gasteiger partial charge < -0.3 is 4.98 Å². The average Bonchev–Trinajstić information content (AvgIpc) is 3.06. The van der Waals surface area contributed by atoms with E-state index in [4.69, 9.17) is 0 Å². The molecule has 1 aromatic carbocycles. The molecule has 3 aromatic rings. The van der Waals surface area contributed by atoms with E-state index in [0.717, 1.165) is 0 Å². The Labute approximate surface area is 111 Å². The molecule has 2 heterocycles. The Morgan fingerprint density at radius 2 is 2.16 bits per heavy atom. The van der Waals surface area contributed by atoms with Crippen LogP contribution in [-0.4, -0.2) is 15.7 Å². The fraction of sp³-hybridized carbons (Fsp3) is 0. The van der Waals surface area contributed by atoms with Crippen molar-refractivity contribution in [3.05, 3.63) is 62.5 Å². The first-order valence-corrected chi connectivity index (χ1v) is 6.43. The molecule has 0 aliphatic heterocycles. The number of hydrogen-bond acceptors (Lipinski definition) is 4. The lowest BCUT2D eigenvalue weighted by Crippen LogP contribution is -1.97. The Kier molecular flexibility index (Phi) is 2.64. The molecule has 3 rings (SSSR count). The monoisotopic (exact) mass is 272 g/mol. The number of nitro groups is 1. The highest BCUT2D eigenvalue weighted by Gasteiger charge is 2.16. The molecule has 0 bridgehead atoms. The van der Waals surface area contributed by atoms with E-state index >= 15 is 0 Å². The van der Waals surface area contributed by atoms with Crippen LogP contribution in [0.5, 0.6) is 0 Å². The summed E-state index contributed by atoms with van der Waals surface area (Å²) in [5.41, 5.74) is 1.75. The largest absolute Gasteiger partial charge is 0.360 e. The van der Waals surface area contributed by atoms with Gasteiger partial charge in [-0.15, -0.1) is 0 Å². The molecule has 0 saturated carbocycles. The molecule has 0 saturated heterocycles. The first-order chi connectivity index (χ1) is 9.16. The van der Waals surface area contributed by atoms with Crippen LogP contribution in [0.4, 0.5) is 5.69 Å². The third kappa shape index (κ3) is 1.92. The van der Waals surface area contributed by atoms with E-state index < -0.39 is 4.92 Å². The first-order valence-electron chi connectivity index (χ1n) is 5.49. The lowest BCUT2D eigenvalue weighted by Gasteiger charge is -1.96. The number of thiophene rings is 1. The van der Waals surface area contributed by atoms with E-state index in [1.54, 1.807) is 23.7 Å². The van der Waals surface area contributed by atoms with Crippen molar-refractivity contribution in [1.29, 1.82) is 0 Å². The van der Waals surface area contributed by atoms with Gasteiger partial charge in [0, 0.05) is 40.2 Å². The number of aromatic amines is 1. The minimum absolute atomic E-state index is 0.00359. The molecule has 6 heteroatoms. The van der Waals surface area contributed by atoms with Crippen molar-refractivity contribution in [3.8, 4) is 0 Å². The van der Waals surface area contributed by atoms with Crippen molar-refractivity contribution in [1.82, 2.24) is 4.98 Å². The van der Waals surface area contributed by atoms with Crippen LogP contribution in [0.25, 0.3) is 10.9 Å². The van der Waals surface area contributed by atoms with Gasteiger partial charge in [0.15, 0.2) is 5.78 Å². The summed E-state index contributed by atoms with van der Waals surface area (Å²) in [5, 5.41) is 15.0. The predicted molar refractivity (Wildman–Crippen MR) is 72.7 cm³/mol. The lowest BCUT2D eigenvalue weighted by atomic mass is 10.1. The van der Waals surface area contributed by atoms with E-state index in [2.05, 4.69) is 4.98 Å². The molecular formula is C13H8N2O3S. The standard InChI is InChI=1S/C13H8N2O3S/c16-13(8-3-4-19-7-8)11-6-14-12-5-9(15(17)18)1-2-10(11)12/h1-7,14H. The van der Waals surface area contributed by atoms with Crippen molar-refractivity contribution in [2.75, 3.05) is 0 Å². The number of carbonyl (C=O) groups is 1. The number of non-ortho nitro benzene ring substituents is 1. The fourth-order valence-electron chi connectivity index (χ4n) is 1.96. The minimum atomic E-state index is -0.458. The molecule has 0 fully saturated rings. The molecule has 5 nitrogen and oxygen atoms in total. The average molecular weight is 272 g/mol. The number of aromatic nitrogens is 1. The van der Waals surface area contributed by atoms with Gasteiger partial charge in [-0.25, -0.2) is 0 Å². The molecule has 0 amide bonds. The molecule has 19 heavy (non-hydrogen) atoms. The first kappa shape index (κ1) is 11.6. The van der Waals surface area contributed by atoms with Gasteiger partial charge in [-0.2, -0.15) is 11.3 Å². The Morgan fingerprint density at radius 1 is 1.32 bits per heavy atom. The van der Waals surface area contributed by atoms with Crippen LogP contribution in [0.3, 0.4) is 0 Å². The Morgan fingerprint density at radius 3 is 2.84 bits per heavy atom. The van der Waals surface area contributed by atoms with Crippen molar-refractivity contribution >= 4 is 33.7 Å². The summed E-state index contributed by atoms with van der Waals surface area (Å²) < 4.78 is 0. The van der Waals surface area contributed by atoms with Gasteiger partial charge in [0.2, 0.25) is 0 Å². The van der Waals surface area contributed by atoms with E-state index in [-0.39, 0.29) is 11.5 Å². The highest BCUT2D eigenvalue weighted by molar-refractivity contribution is 7.08. The number of rotatable bonds is 3. The zero-order valence-corrected chi connectivity index (χ0v) is 10.4. The van der Waals surface area contributed by atoms with Gasteiger partial charge in [0.25, 0.3) is 5.69 Å². The normalized spacial score (nSPS) is 10.7. The summed E-state index contributed by atoms with van der Waals surface area (Å²) in [7, 11) is 0. The number of hydrogen-bond donors (Lipinski definition) is 1. The van der Waals surface area contributed by atoms with Gasteiger partial charge in [-0.05, 0) is 17.5 Å². The lowest BCUT2D eigenvalue weighted by molar-refractivity contribution is -0.384. The van der Waals surface area contributed by atoms with Crippen molar-refractivity contribution < 1.29 is 9.72 Å². The van der Waals surface area contributed by atoms with E-state index in [9.17, 15) is 14.9 Å². The molecular weight excluding hydrogens is 264 g/mol. The van der Waals surface area contributed by atoms with Crippen LogP contribution in [-0.2, 0) is 0 Å². The highest BCUT2D eigenvalue weighted by atomic mass is 32.1. The zero-order valence-electron chi connectivity index (χ0n) is 9.62. The molecule has 0 atom stereocenters. The van der Waals surface area contributed by atoms with Crippen LogP contribution >= 0.6 is 11.3 Å². The van der Waals surface area contributed by atoms with Crippen molar-refractivity contribution in [3.63, 3.8) is 0 Å². The predicted octanol–water partition coefficient (Wildman–Crippen LogP) is 3.37. The van der Waals surface area contributed by atoms with Crippen molar-refractivity contribution in [2.45, 2.75) is 0 Å². The number of H-pyrrole nitrogens is 1. The van der Waals surface area contributed by atoms with Gasteiger partial charge in [-0.3, -0.25) is 14.9 Å². The van der Waals surface area contributed by atoms with Crippen LogP contribution in [0, 0.1) is 10.1 Å². The van der Waals surface area contributed by atoms with Crippen LogP contribution in [0.2, 0.25) is 0 Å². The van der Waals surface area contributed by atoms with E-state index in [1.807, 2.05) is 5.38 Å². The number of ketones is 1. The summed E-state index contributed by atoms with van der Waals surface area (Å²) in [6, 6.07) is 6.20. The topological polar surface area (TPSA) is 76.0 Å². The molecule has 0 aliphatic carbocycles. The molecule has 2 aromatic heterocycles. The van der Waals surface area contributed by atoms with Gasteiger partial charge in [-0.1, -0.05) is 0 Å². The maximum atomic E-state index is 12.3. The molecule has 0 spiro atoms. The molecule has 0 aliphatic rings. The number of nitrogens with one attached hydrogen (secondary N) is 1. The highest BCUT2D eigenvalue weighted by Crippen LogP contribution is 2.25. The second-order valence-corrected chi connectivity index (χ2v) is 4.81. The number of benzene rings is 1. The summed E-state index contributed by atoms with van der Waals surface area (Å²) in [6.45, 7) is 0. The van der Waals surface area contributed by atoms with Gasteiger partial charge in [0.05, 0.1) is 10.4 Å². The maximum absolute atomic E-state index is 12.3. The second-order valence-electron chi connectivity index (χ2n) is 4.03. The Balaban J connectivity index is 2.11. The second kappa shape index (κ2) is 4.33. The number of carbonyl (C=O) groups excluding carboxylic acids is 1. The molecule has 0 unspecified atom stereocenters. The van der Waals surface area contributed by atoms with Crippen LogP contribution in [0.1, 0.15) is 15.9 Å². The third-order valence-electron chi connectivity index (χ3n) is 2.90. The molecule has 1 N–H and O–H groups in total. The van der Waals surface area contributed by atoms with Crippen LogP contribution in [0.15, 0.2) is 41.2 Å². The quantitative estimate of drug-likeness (QED) is 0.451. The SMILES string of the molecule is O=C(c1ccsc1)c1c[nH]c2cc([N+](=O)[O-])ccc12. The minimum Gasteiger partial charge on any atom is -0.360 e. The summed E-state index contributed by atoms with van der Waals surface area (Å²) >= 11 is 1.46. The molecule has 0 radical (unpaired) electrons. The maximum Gasteiger partial charge on any atom is 0.271 e. The summed E-state index contributed by atoms with van der Waals surface area (Å²) in [6.07, 6.45) is 1.59. The number of nitro benzene ring substituents is 1. The van der Waals surface area contributed by atoms with Crippen LogP contribution < -0.4 is 0 Å². The Hall–Kier alpha value is -2.47. The number of fused-ring (bicyclic) bond motifs is 1. The van der Waals surface area contributed by atoms with Gasteiger partial charge in [0.1, 0.15) is 0 Å². The number of nitrogens with zero attached hydrogens (tertiary/aromatic N) is 1. The summed E-state index contributed by atoms with van der Waals surface area (Å²) in [4.78, 5) is 25.4. The fourth-order valence-corrected chi connectivity index (χ4v) is 2.60. The van der Waals surface area contributed by atoms with E-state index in [1.165, 1.54) is 23.5 Å². The van der Waals surface area contributed by atoms with Gasteiger partial charge >= 0.3 is 0 Å². The van der Waals surface area contributed by atoms with E-state index in [0.29, 0.717) is 22.0 Å². The zero-order chi connectivity index (χ0) is 13.4. The molecule has 94 valence electrons. The van der Waals surface area contributed by atoms with Crippen molar-refractivity contribution in [2.24, 2.45) is 0 Å². The third-order valence-corrected chi connectivity index (χ3v) is 3.59. The Bertz CT molecular complexity index is 774. The summed E-state index contributed by atoms with van der Waals surface area (Å²) in [5.74, 6) is -0.0821. The smallest absolute Gasteiger partial charge is 0.271 e.